The van der Waals surface area contributed by atoms with Crippen molar-refractivity contribution < 1.29 is 38.7 Å². The van der Waals surface area contributed by atoms with E-state index in [4.69, 9.17) is 11.5 Å². The first kappa shape index (κ1) is 43.8. The molecular formula is C33H54N8O8S. The smallest absolute Gasteiger partial charge is 0.325 e. The van der Waals surface area contributed by atoms with Gasteiger partial charge in [0.2, 0.25) is 35.4 Å². The monoisotopic (exact) mass is 722 g/mol. The van der Waals surface area contributed by atoms with Crippen molar-refractivity contribution in [1.29, 1.82) is 0 Å². The topological polar surface area (TPSA) is 264 Å². The van der Waals surface area contributed by atoms with Crippen LogP contribution in [0.4, 0.5) is 0 Å². The average Bonchev–Trinajstić information content (AvgIpc) is 3.07. The minimum Gasteiger partial charge on any atom is -0.480 e. The Labute approximate surface area is 298 Å². The molecule has 1 aromatic rings. The average molecular weight is 723 g/mol. The van der Waals surface area contributed by atoms with Crippen LogP contribution in [-0.2, 0) is 40.0 Å². The molecule has 0 aromatic heterocycles. The van der Waals surface area contributed by atoms with Crippen molar-refractivity contribution in [1.82, 2.24) is 31.9 Å². The maximum Gasteiger partial charge on any atom is 0.325 e. The van der Waals surface area contributed by atoms with Gasteiger partial charge in [0.15, 0.2) is 0 Å². The van der Waals surface area contributed by atoms with E-state index < -0.39 is 96.0 Å². The molecule has 50 heavy (non-hydrogen) atoms. The predicted molar refractivity (Wildman–Crippen MR) is 191 cm³/mol. The molecule has 0 aliphatic rings. The molecule has 6 amide bonds. The number of hydrogen-bond acceptors (Lipinski definition) is 10. The van der Waals surface area contributed by atoms with Gasteiger partial charge in [-0.2, -0.15) is 12.6 Å². The van der Waals surface area contributed by atoms with Gasteiger partial charge in [-0.1, -0.05) is 58.0 Å². The molecule has 6 atom stereocenters. The molecular weight excluding hydrogens is 668 g/mol. The first-order valence-electron chi connectivity index (χ1n) is 16.6. The summed E-state index contributed by atoms with van der Waals surface area (Å²) >= 11 is 3.95. The molecule has 0 unspecified atom stereocenters. The number of carbonyl (C=O) groups is 7. The Bertz CT molecular complexity index is 1300. The molecule has 0 bridgehead atoms. The summed E-state index contributed by atoms with van der Waals surface area (Å²) in [6.45, 7) is 7.99. The molecule has 0 saturated carbocycles. The minimum atomic E-state index is -1.25. The van der Waals surface area contributed by atoms with Crippen LogP contribution >= 0.6 is 12.6 Å². The second-order valence-corrected chi connectivity index (χ2v) is 13.1. The molecule has 0 heterocycles. The number of nitrogens with two attached hydrogens (primary N) is 2. The molecule has 0 spiro atoms. The molecule has 1 aromatic carbocycles. The van der Waals surface area contributed by atoms with Crippen LogP contribution in [0, 0.1) is 11.8 Å². The highest BCUT2D eigenvalue weighted by Gasteiger charge is 2.34. The minimum absolute atomic E-state index is 0.0485. The van der Waals surface area contributed by atoms with Crippen LogP contribution in [0.25, 0.3) is 0 Å². The summed E-state index contributed by atoms with van der Waals surface area (Å²) in [5.74, 6) is -5.99. The van der Waals surface area contributed by atoms with E-state index in [1.165, 1.54) is 6.92 Å². The van der Waals surface area contributed by atoms with Crippen molar-refractivity contribution in [2.24, 2.45) is 23.3 Å². The van der Waals surface area contributed by atoms with E-state index >= 15 is 0 Å². The summed E-state index contributed by atoms with van der Waals surface area (Å²) in [7, 11) is 0. The van der Waals surface area contributed by atoms with E-state index in [0.717, 1.165) is 0 Å². The number of unbranched alkanes of at least 4 members (excludes halogenated alkanes) is 1. The van der Waals surface area contributed by atoms with E-state index in [1.807, 2.05) is 0 Å². The maximum absolute atomic E-state index is 13.7. The van der Waals surface area contributed by atoms with Gasteiger partial charge < -0.3 is 48.5 Å². The number of carboxylic acids is 1. The van der Waals surface area contributed by atoms with Gasteiger partial charge in [-0.15, -0.1) is 0 Å². The fourth-order valence-electron chi connectivity index (χ4n) is 4.65. The van der Waals surface area contributed by atoms with Gasteiger partial charge in [-0.25, -0.2) is 0 Å². The molecule has 280 valence electrons. The lowest BCUT2D eigenvalue weighted by Crippen LogP contribution is -2.60. The third-order valence-electron chi connectivity index (χ3n) is 7.69. The molecule has 11 N–H and O–H groups in total. The second-order valence-electron chi connectivity index (χ2n) is 12.7. The van der Waals surface area contributed by atoms with E-state index in [-0.39, 0.29) is 18.6 Å². The predicted octanol–water partition coefficient (Wildman–Crippen LogP) is -1.43. The normalized spacial score (nSPS) is 14.7. The van der Waals surface area contributed by atoms with E-state index in [1.54, 1.807) is 58.0 Å². The van der Waals surface area contributed by atoms with E-state index in [0.29, 0.717) is 24.9 Å². The van der Waals surface area contributed by atoms with Gasteiger partial charge in [-0.3, -0.25) is 33.6 Å². The van der Waals surface area contributed by atoms with Crippen molar-refractivity contribution in [2.75, 3.05) is 18.8 Å². The number of carboxylic acid groups (broad SMARTS) is 1. The lowest BCUT2D eigenvalue weighted by Gasteiger charge is -2.29. The van der Waals surface area contributed by atoms with Gasteiger partial charge in [-0.05, 0) is 50.1 Å². The van der Waals surface area contributed by atoms with Crippen molar-refractivity contribution in [3.8, 4) is 0 Å². The van der Waals surface area contributed by atoms with Crippen LogP contribution in [0.1, 0.15) is 59.4 Å². The Balaban J connectivity index is 3.17. The third kappa shape index (κ3) is 15.6. The first-order valence-corrected chi connectivity index (χ1v) is 17.3. The van der Waals surface area contributed by atoms with Crippen molar-refractivity contribution in [3.63, 3.8) is 0 Å². The fourth-order valence-corrected chi connectivity index (χ4v) is 4.81. The van der Waals surface area contributed by atoms with E-state index in [9.17, 15) is 38.7 Å². The molecule has 0 saturated heterocycles. The van der Waals surface area contributed by atoms with Crippen LogP contribution in [-0.4, -0.2) is 102 Å². The lowest BCUT2D eigenvalue weighted by molar-refractivity contribution is -0.141. The number of benzene rings is 1. The number of hydrogen-bond donors (Lipinski definition) is 10. The number of thiol groups is 1. The van der Waals surface area contributed by atoms with Crippen LogP contribution in [0.2, 0.25) is 0 Å². The quantitative estimate of drug-likeness (QED) is 0.0493. The summed E-state index contributed by atoms with van der Waals surface area (Å²) in [5.41, 5.74) is 12.0. The third-order valence-corrected chi connectivity index (χ3v) is 8.09. The number of amides is 6. The fraction of sp³-hybridized carbons (Fsp3) is 0.606. The largest absolute Gasteiger partial charge is 0.480 e. The molecule has 0 radical (unpaired) electrons. The summed E-state index contributed by atoms with van der Waals surface area (Å²) < 4.78 is 0. The highest BCUT2D eigenvalue weighted by molar-refractivity contribution is 7.80. The summed E-state index contributed by atoms with van der Waals surface area (Å²) in [6.07, 6.45) is 1.21. The summed E-state index contributed by atoms with van der Waals surface area (Å²) in [5, 5.41) is 24.7. The first-order chi connectivity index (χ1) is 23.5. The number of nitrogens with one attached hydrogen (secondary N) is 6. The Morgan fingerprint density at radius 2 is 1.26 bits per heavy atom. The molecule has 0 aliphatic carbocycles. The molecule has 1 rings (SSSR count). The Kier molecular flexibility index (Phi) is 19.7. The van der Waals surface area contributed by atoms with Gasteiger partial charge >= 0.3 is 5.97 Å². The summed E-state index contributed by atoms with van der Waals surface area (Å²) in [6, 6.07) is 2.19. The number of carbonyl (C=O) groups excluding carboxylic acids is 6. The van der Waals surface area contributed by atoms with Crippen molar-refractivity contribution in [3.05, 3.63) is 35.9 Å². The molecule has 0 aliphatic heterocycles. The van der Waals surface area contributed by atoms with Crippen LogP contribution < -0.4 is 43.4 Å². The van der Waals surface area contributed by atoms with Gasteiger partial charge in [0.1, 0.15) is 30.2 Å². The van der Waals surface area contributed by atoms with Gasteiger partial charge in [0.25, 0.3) is 0 Å². The zero-order chi connectivity index (χ0) is 38.0. The Hall–Kier alpha value is -4.22. The zero-order valence-corrected chi connectivity index (χ0v) is 30.3. The highest BCUT2D eigenvalue weighted by atomic mass is 32.1. The highest BCUT2D eigenvalue weighted by Crippen LogP contribution is 2.10. The number of aliphatic carboxylic acids is 1. The molecule has 0 fully saturated rings. The maximum atomic E-state index is 13.7. The second kappa shape index (κ2) is 22.5. The molecule has 17 heteroatoms. The molecule has 16 nitrogen and oxygen atoms in total. The Morgan fingerprint density at radius 3 is 1.80 bits per heavy atom. The van der Waals surface area contributed by atoms with Crippen molar-refractivity contribution in [2.45, 2.75) is 96.6 Å². The van der Waals surface area contributed by atoms with Crippen molar-refractivity contribution >= 4 is 54.0 Å². The SMILES string of the molecule is CC(C)[C@H](NC(=O)CNC(=O)[C@@H](N)CS)C(=O)N[C@H](C(=O)N[C@@H](CCCCN)C(=O)N[C@@H](Cc1ccccc1)C(=O)N[C@@H](C)C(=O)O)C(C)C. The van der Waals surface area contributed by atoms with Crippen LogP contribution in [0.15, 0.2) is 30.3 Å². The van der Waals surface area contributed by atoms with E-state index in [2.05, 4.69) is 44.5 Å². The zero-order valence-electron chi connectivity index (χ0n) is 29.4. The lowest BCUT2D eigenvalue weighted by atomic mass is 9.98. The van der Waals surface area contributed by atoms with Gasteiger partial charge in [0.05, 0.1) is 12.6 Å². The van der Waals surface area contributed by atoms with Crippen LogP contribution in [0.3, 0.4) is 0 Å². The standard InChI is InChI=1S/C33H54N8O8S/c1-18(2)26(40-25(42)16-36-28(43)22(35)17-50)32(47)41-27(19(3)4)31(46)38-23(13-9-10-14-34)29(44)39-24(15-21-11-7-6-8-12-21)30(45)37-20(5)33(48)49/h6-8,11-12,18-20,22-24,26-27,50H,9-10,13-17,34-35H2,1-5H3,(H,36,43)(H,37,45)(H,38,46)(H,39,44)(H,40,42)(H,41,47)(H,48,49)/t20-,22-,23-,24-,26-,27-/m0/s1. The van der Waals surface area contributed by atoms with Crippen LogP contribution in [0.5, 0.6) is 0 Å². The number of rotatable bonds is 22. The summed E-state index contributed by atoms with van der Waals surface area (Å²) in [4.78, 5) is 89.7. The Morgan fingerprint density at radius 1 is 0.720 bits per heavy atom. The van der Waals surface area contributed by atoms with Gasteiger partial charge in [0, 0.05) is 12.2 Å².